The van der Waals surface area contributed by atoms with Crippen LogP contribution in [0.25, 0.3) is 0 Å². The molecule has 0 saturated carbocycles. The molecule has 23 heavy (non-hydrogen) atoms. The van der Waals surface area contributed by atoms with Crippen molar-refractivity contribution in [3.8, 4) is 0 Å². The molecule has 0 bridgehead atoms. The van der Waals surface area contributed by atoms with Gasteiger partial charge in [0.15, 0.2) is 11.6 Å². The molecule has 1 fully saturated rings. The minimum atomic E-state index is -0.0662. The van der Waals surface area contributed by atoms with E-state index in [1.807, 2.05) is 12.1 Å². The first kappa shape index (κ1) is 15.1. The third-order valence-electron chi connectivity index (χ3n) is 3.68. The highest BCUT2D eigenvalue weighted by Gasteiger charge is 2.20. The van der Waals surface area contributed by atoms with Crippen molar-refractivity contribution < 1.29 is 4.79 Å². The fourth-order valence-electron chi connectivity index (χ4n) is 2.38. The Morgan fingerprint density at radius 2 is 1.78 bits per heavy atom. The van der Waals surface area contributed by atoms with Crippen molar-refractivity contribution in [2.75, 3.05) is 41.3 Å². The number of piperazine rings is 1. The van der Waals surface area contributed by atoms with Gasteiger partial charge in [0.25, 0.3) is 0 Å². The molecule has 2 aromatic rings. The smallest absolute Gasteiger partial charge is 0.225 e. The first-order valence-corrected chi connectivity index (χ1v) is 7.67. The highest BCUT2D eigenvalue weighted by molar-refractivity contribution is 5.89. The highest BCUT2D eigenvalue weighted by atomic mass is 16.1. The van der Waals surface area contributed by atoms with Gasteiger partial charge in [0.2, 0.25) is 11.9 Å². The standard InChI is InChI=1S/C15H19N7O/c1-2-14(23)18-12-4-5-13(20-19-12)21-8-10-22(11-9-21)15-16-6-3-7-17-15/h3-7H,2,8-11H2,1H3,(H,18,19,23). The highest BCUT2D eigenvalue weighted by Crippen LogP contribution is 2.16. The van der Waals surface area contributed by atoms with Gasteiger partial charge < -0.3 is 15.1 Å². The van der Waals surface area contributed by atoms with Crippen molar-refractivity contribution in [1.29, 1.82) is 0 Å². The van der Waals surface area contributed by atoms with E-state index in [0.717, 1.165) is 37.9 Å². The van der Waals surface area contributed by atoms with E-state index in [9.17, 15) is 4.79 Å². The Bertz CT molecular complexity index is 639. The van der Waals surface area contributed by atoms with Gasteiger partial charge in [0.05, 0.1) is 0 Å². The van der Waals surface area contributed by atoms with Crippen LogP contribution >= 0.6 is 0 Å². The average molecular weight is 313 g/mol. The Hall–Kier alpha value is -2.77. The molecule has 120 valence electrons. The molecule has 0 aromatic carbocycles. The Kier molecular flexibility index (Phi) is 4.60. The predicted octanol–water partition coefficient (Wildman–Crippen LogP) is 0.942. The summed E-state index contributed by atoms with van der Waals surface area (Å²) in [4.78, 5) is 24.2. The number of carbonyl (C=O) groups excluding carboxylic acids is 1. The van der Waals surface area contributed by atoms with Crippen molar-refractivity contribution in [2.24, 2.45) is 0 Å². The largest absolute Gasteiger partial charge is 0.352 e. The van der Waals surface area contributed by atoms with Crippen LogP contribution in [0.4, 0.5) is 17.6 Å². The van der Waals surface area contributed by atoms with Gasteiger partial charge in [-0.1, -0.05) is 6.92 Å². The van der Waals surface area contributed by atoms with E-state index in [2.05, 4.69) is 35.3 Å². The SMILES string of the molecule is CCC(=O)Nc1ccc(N2CCN(c3ncccn3)CC2)nn1. The number of nitrogens with one attached hydrogen (secondary N) is 1. The number of rotatable bonds is 4. The van der Waals surface area contributed by atoms with E-state index in [0.29, 0.717) is 12.2 Å². The summed E-state index contributed by atoms with van der Waals surface area (Å²) in [5.41, 5.74) is 0. The zero-order valence-corrected chi connectivity index (χ0v) is 13.0. The van der Waals surface area contributed by atoms with Gasteiger partial charge in [-0.15, -0.1) is 10.2 Å². The third-order valence-corrected chi connectivity index (χ3v) is 3.68. The van der Waals surface area contributed by atoms with Crippen molar-refractivity contribution >= 4 is 23.5 Å². The number of carbonyl (C=O) groups is 1. The van der Waals surface area contributed by atoms with Crippen molar-refractivity contribution in [3.05, 3.63) is 30.6 Å². The molecule has 0 spiro atoms. The molecule has 1 saturated heterocycles. The number of nitrogens with zero attached hydrogens (tertiary/aromatic N) is 6. The fourth-order valence-corrected chi connectivity index (χ4v) is 2.38. The molecular formula is C15H19N7O. The Morgan fingerprint density at radius 3 is 2.39 bits per heavy atom. The molecule has 3 heterocycles. The monoisotopic (exact) mass is 313 g/mol. The Balaban J connectivity index is 1.58. The van der Waals surface area contributed by atoms with E-state index in [-0.39, 0.29) is 5.91 Å². The van der Waals surface area contributed by atoms with Crippen LogP contribution < -0.4 is 15.1 Å². The summed E-state index contributed by atoms with van der Waals surface area (Å²) in [5.74, 6) is 1.99. The molecule has 8 heteroatoms. The second-order valence-electron chi connectivity index (χ2n) is 5.20. The summed E-state index contributed by atoms with van der Waals surface area (Å²) < 4.78 is 0. The molecule has 0 aliphatic carbocycles. The van der Waals surface area contributed by atoms with E-state index < -0.39 is 0 Å². The maximum atomic E-state index is 11.3. The first-order chi connectivity index (χ1) is 11.3. The first-order valence-electron chi connectivity index (χ1n) is 7.67. The zero-order chi connectivity index (χ0) is 16.1. The molecule has 3 rings (SSSR count). The Labute approximate surface area is 134 Å². The summed E-state index contributed by atoms with van der Waals surface area (Å²) in [5, 5.41) is 11.0. The van der Waals surface area contributed by atoms with Gasteiger partial charge >= 0.3 is 0 Å². The van der Waals surface area contributed by atoms with Crippen LogP contribution in [0.2, 0.25) is 0 Å². The van der Waals surface area contributed by atoms with Gasteiger partial charge in [0.1, 0.15) is 0 Å². The van der Waals surface area contributed by atoms with Gasteiger partial charge in [-0.3, -0.25) is 4.79 Å². The second-order valence-corrected chi connectivity index (χ2v) is 5.20. The summed E-state index contributed by atoms with van der Waals surface area (Å²) in [6.07, 6.45) is 3.93. The molecule has 1 amide bonds. The van der Waals surface area contributed by atoms with Gasteiger partial charge in [-0.2, -0.15) is 0 Å². The molecule has 2 aromatic heterocycles. The number of anilines is 3. The van der Waals surface area contributed by atoms with Crippen LogP contribution in [0.15, 0.2) is 30.6 Å². The summed E-state index contributed by atoms with van der Waals surface area (Å²) in [6.45, 7) is 5.12. The summed E-state index contributed by atoms with van der Waals surface area (Å²) >= 11 is 0. The lowest BCUT2D eigenvalue weighted by atomic mass is 10.3. The van der Waals surface area contributed by atoms with Crippen LogP contribution in [0.3, 0.4) is 0 Å². The molecule has 8 nitrogen and oxygen atoms in total. The molecular weight excluding hydrogens is 294 g/mol. The lowest BCUT2D eigenvalue weighted by Gasteiger charge is -2.35. The van der Waals surface area contributed by atoms with Crippen molar-refractivity contribution in [2.45, 2.75) is 13.3 Å². The van der Waals surface area contributed by atoms with Crippen LogP contribution in [-0.4, -0.2) is 52.3 Å². The number of hydrogen-bond donors (Lipinski definition) is 1. The van der Waals surface area contributed by atoms with Crippen molar-refractivity contribution in [3.63, 3.8) is 0 Å². The number of aromatic nitrogens is 4. The molecule has 1 aliphatic rings. The quantitative estimate of drug-likeness (QED) is 0.899. The van der Waals surface area contributed by atoms with Crippen molar-refractivity contribution in [1.82, 2.24) is 20.2 Å². The number of hydrogen-bond acceptors (Lipinski definition) is 7. The number of amides is 1. The van der Waals surface area contributed by atoms with Crippen LogP contribution in [0.1, 0.15) is 13.3 Å². The van der Waals surface area contributed by atoms with E-state index >= 15 is 0 Å². The summed E-state index contributed by atoms with van der Waals surface area (Å²) in [6, 6.07) is 5.48. The fraction of sp³-hybridized carbons (Fsp3) is 0.400. The van der Waals surface area contributed by atoms with E-state index in [1.165, 1.54) is 0 Å². The topological polar surface area (TPSA) is 87.1 Å². The zero-order valence-electron chi connectivity index (χ0n) is 13.0. The molecule has 1 aliphatic heterocycles. The third kappa shape index (κ3) is 3.71. The average Bonchev–Trinajstić information content (AvgIpc) is 2.63. The maximum Gasteiger partial charge on any atom is 0.225 e. The summed E-state index contributed by atoms with van der Waals surface area (Å²) in [7, 11) is 0. The lowest BCUT2D eigenvalue weighted by molar-refractivity contribution is -0.115. The van der Waals surface area contributed by atoms with E-state index in [1.54, 1.807) is 25.4 Å². The van der Waals surface area contributed by atoms with Crippen LogP contribution in [-0.2, 0) is 4.79 Å². The normalized spacial score (nSPS) is 14.7. The molecule has 1 N–H and O–H groups in total. The predicted molar refractivity (Wildman–Crippen MR) is 87.4 cm³/mol. The molecule has 0 unspecified atom stereocenters. The van der Waals surface area contributed by atoms with Gasteiger partial charge in [-0.05, 0) is 18.2 Å². The Morgan fingerprint density at radius 1 is 1.09 bits per heavy atom. The molecule has 0 atom stereocenters. The minimum absolute atomic E-state index is 0.0662. The maximum absolute atomic E-state index is 11.3. The van der Waals surface area contributed by atoms with Crippen LogP contribution in [0.5, 0.6) is 0 Å². The van der Waals surface area contributed by atoms with Gasteiger partial charge in [0, 0.05) is 45.0 Å². The van der Waals surface area contributed by atoms with Crippen LogP contribution in [0, 0.1) is 0 Å². The molecule has 0 radical (unpaired) electrons. The van der Waals surface area contributed by atoms with Gasteiger partial charge in [-0.25, -0.2) is 9.97 Å². The lowest BCUT2D eigenvalue weighted by Crippen LogP contribution is -2.47. The minimum Gasteiger partial charge on any atom is -0.352 e. The van der Waals surface area contributed by atoms with E-state index in [4.69, 9.17) is 0 Å². The second kappa shape index (κ2) is 6.99.